The van der Waals surface area contributed by atoms with Crippen molar-refractivity contribution in [3.63, 3.8) is 0 Å². The average Bonchev–Trinajstić information content (AvgIpc) is 2.43. The summed E-state index contributed by atoms with van der Waals surface area (Å²) in [4.78, 5) is 12.0. The van der Waals surface area contributed by atoms with Gasteiger partial charge in [0.25, 0.3) is 5.91 Å². The predicted molar refractivity (Wildman–Crippen MR) is 75.1 cm³/mol. The van der Waals surface area contributed by atoms with E-state index in [1.54, 1.807) is 18.2 Å². The molecule has 0 radical (unpaired) electrons. The number of nitrogens with one attached hydrogen (secondary N) is 1. The number of phenolic OH excluding ortho intramolecular Hbond substituents is 2. The van der Waals surface area contributed by atoms with Gasteiger partial charge in [-0.3, -0.25) is 4.79 Å². The maximum atomic E-state index is 12.0. The van der Waals surface area contributed by atoms with Crippen LogP contribution in [0.5, 0.6) is 17.2 Å². The molecule has 1 amide bonds. The monoisotopic (exact) mass is 274 g/mol. The Morgan fingerprint density at radius 1 is 1.15 bits per heavy atom. The van der Waals surface area contributed by atoms with Crippen molar-refractivity contribution in [1.82, 2.24) is 0 Å². The number of hydrogen-bond donors (Lipinski definition) is 4. The van der Waals surface area contributed by atoms with Crippen LogP contribution >= 0.6 is 0 Å². The van der Waals surface area contributed by atoms with Crippen molar-refractivity contribution in [3.8, 4) is 17.2 Å². The van der Waals surface area contributed by atoms with Gasteiger partial charge in [0.2, 0.25) is 0 Å². The molecule has 6 nitrogen and oxygen atoms in total. The molecule has 2 rings (SSSR count). The lowest BCUT2D eigenvalue weighted by molar-refractivity contribution is 0.102. The second-order valence-corrected chi connectivity index (χ2v) is 4.11. The number of nitrogen functional groups attached to an aromatic ring is 1. The molecule has 0 unspecified atom stereocenters. The fraction of sp³-hybridized carbons (Fsp3) is 0.0714. The Kier molecular flexibility index (Phi) is 3.65. The molecule has 0 aromatic heterocycles. The third-order valence-corrected chi connectivity index (χ3v) is 2.73. The maximum Gasteiger partial charge on any atom is 0.255 e. The van der Waals surface area contributed by atoms with E-state index in [0.717, 1.165) is 0 Å². The minimum atomic E-state index is -0.424. The molecule has 0 saturated heterocycles. The number of nitrogens with two attached hydrogens (primary N) is 1. The first-order valence-corrected chi connectivity index (χ1v) is 5.78. The molecule has 0 heterocycles. The fourth-order valence-electron chi connectivity index (χ4n) is 1.66. The number of phenols is 2. The van der Waals surface area contributed by atoms with Gasteiger partial charge in [-0.1, -0.05) is 0 Å². The highest BCUT2D eigenvalue weighted by molar-refractivity contribution is 6.04. The second-order valence-electron chi connectivity index (χ2n) is 4.11. The molecule has 0 bridgehead atoms. The summed E-state index contributed by atoms with van der Waals surface area (Å²) in [5.74, 6) is -0.605. The van der Waals surface area contributed by atoms with Crippen LogP contribution in [-0.2, 0) is 0 Å². The molecule has 0 saturated carbocycles. The smallest absolute Gasteiger partial charge is 0.255 e. The first-order valence-electron chi connectivity index (χ1n) is 5.78. The molecule has 104 valence electrons. The number of methoxy groups -OCH3 is 1. The largest absolute Gasteiger partial charge is 0.504 e. The molecule has 0 aliphatic rings. The van der Waals surface area contributed by atoms with Gasteiger partial charge in [0.1, 0.15) is 5.75 Å². The van der Waals surface area contributed by atoms with Crippen molar-refractivity contribution in [2.75, 3.05) is 18.2 Å². The summed E-state index contributed by atoms with van der Waals surface area (Å²) in [6.07, 6.45) is 0. The Labute approximate surface area is 115 Å². The molecule has 0 fully saturated rings. The highest BCUT2D eigenvalue weighted by atomic mass is 16.5. The van der Waals surface area contributed by atoms with Crippen LogP contribution in [0, 0.1) is 0 Å². The van der Waals surface area contributed by atoms with Crippen LogP contribution in [-0.4, -0.2) is 23.2 Å². The Balaban J connectivity index is 2.21. The van der Waals surface area contributed by atoms with Gasteiger partial charge in [0, 0.05) is 17.3 Å². The Bertz CT molecular complexity index is 656. The molecule has 5 N–H and O–H groups in total. The maximum absolute atomic E-state index is 12.0. The molecule has 20 heavy (non-hydrogen) atoms. The summed E-state index contributed by atoms with van der Waals surface area (Å²) >= 11 is 0. The van der Waals surface area contributed by atoms with Crippen LogP contribution in [0.1, 0.15) is 10.4 Å². The van der Waals surface area contributed by atoms with E-state index in [2.05, 4.69) is 5.32 Å². The number of anilines is 2. The average molecular weight is 274 g/mol. The summed E-state index contributed by atoms with van der Waals surface area (Å²) in [7, 11) is 1.48. The van der Waals surface area contributed by atoms with Gasteiger partial charge in [-0.15, -0.1) is 0 Å². The third-order valence-electron chi connectivity index (χ3n) is 2.73. The lowest BCUT2D eigenvalue weighted by atomic mass is 10.2. The van der Waals surface area contributed by atoms with Gasteiger partial charge in [-0.25, -0.2) is 0 Å². The van der Waals surface area contributed by atoms with Crippen LogP contribution in [0.4, 0.5) is 11.4 Å². The standard InChI is InChI=1S/C14H14N2O4/c1-20-13-7-9(3-4-10(13)15)16-14(19)8-2-5-11(17)12(18)6-8/h2-7,17-18H,15H2,1H3,(H,16,19). The van der Waals surface area contributed by atoms with E-state index in [4.69, 9.17) is 10.5 Å². The molecule has 0 spiro atoms. The quantitative estimate of drug-likeness (QED) is 0.505. The third kappa shape index (κ3) is 2.74. The molecule has 0 atom stereocenters. The van der Waals surface area contributed by atoms with Crippen molar-refractivity contribution in [2.24, 2.45) is 0 Å². The van der Waals surface area contributed by atoms with Crippen LogP contribution in [0.15, 0.2) is 36.4 Å². The zero-order valence-electron chi connectivity index (χ0n) is 10.8. The first-order chi connectivity index (χ1) is 9.51. The van der Waals surface area contributed by atoms with E-state index in [1.165, 1.54) is 25.3 Å². The van der Waals surface area contributed by atoms with Crippen molar-refractivity contribution in [3.05, 3.63) is 42.0 Å². The number of amides is 1. The van der Waals surface area contributed by atoms with Crippen molar-refractivity contribution >= 4 is 17.3 Å². The van der Waals surface area contributed by atoms with Gasteiger partial charge in [0.05, 0.1) is 12.8 Å². The van der Waals surface area contributed by atoms with Crippen LogP contribution < -0.4 is 15.8 Å². The van der Waals surface area contributed by atoms with E-state index in [1.807, 2.05) is 0 Å². The lowest BCUT2D eigenvalue weighted by Crippen LogP contribution is -2.11. The van der Waals surface area contributed by atoms with E-state index >= 15 is 0 Å². The normalized spacial score (nSPS) is 10.1. The zero-order chi connectivity index (χ0) is 14.7. The van der Waals surface area contributed by atoms with Gasteiger partial charge in [0.15, 0.2) is 11.5 Å². The number of ether oxygens (including phenoxy) is 1. The molecular formula is C14H14N2O4. The number of aromatic hydroxyl groups is 2. The van der Waals surface area contributed by atoms with Gasteiger partial charge < -0.3 is 26.0 Å². The molecule has 2 aromatic rings. The molecule has 0 aliphatic heterocycles. The van der Waals surface area contributed by atoms with Gasteiger partial charge in [-0.05, 0) is 30.3 Å². The topological polar surface area (TPSA) is 105 Å². The van der Waals surface area contributed by atoms with E-state index < -0.39 is 5.91 Å². The van der Waals surface area contributed by atoms with Crippen molar-refractivity contribution in [2.45, 2.75) is 0 Å². The Morgan fingerprint density at radius 2 is 1.90 bits per heavy atom. The highest BCUT2D eigenvalue weighted by Crippen LogP contribution is 2.27. The van der Waals surface area contributed by atoms with Crippen LogP contribution in [0.2, 0.25) is 0 Å². The number of hydrogen-bond acceptors (Lipinski definition) is 5. The van der Waals surface area contributed by atoms with Crippen LogP contribution in [0.3, 0.4) is 0 Å². The van der Waals surface area contributed by atoms with Gasteiger partial charge in [-0.2, -0.15) is 0 Å². The second kappa shape index (κ2) is 5.40. The molecular weight excluding hydrogens is 260 g/mol. The Morgan fingerprint density at radius 3 is 2.55 bits per heavy atom. The number of carbonyl (C=O) groups excluding carboxylic acids is 1. The summed E-state index contributed by atoms with van der Waals surface area (Å²) in [5.41, 5.74) is 6.87. The predicted octanol–water partition coefficient (Wildman–Crippen LogP) is 1.94. The molecule has 0 aliphatic carbocycles. The van der Waals surface area contributed by atoms with Crippen molar-refractivity contribution < 1.29 is 19.7 Å². The minimum Gasteiger partial charge on any atom is -0.504 e. The van der Waals surface area contributed by atoms with E-state index in [-0.39, 0.29) is 17.1 Å². The lowest BCUT2D eigenvalue weighted by Gasteiger charge is -2.09. The van der Waals surface area contributed by atoms with E-state index in [0.29, 0.717) is 17.1 Å². The van der Waals surface area contributed by atoms with Crippen LogP contribution in [0.25, 0.3) is 0 Å². The van der Waals surface area contributed by atoms with Crippen molar-refractivity contribution in [1.29, 1.82) is 0 Å². The first kappa shape index (κ1) is 13.5. The van der Waals surface area contributed by atoms with Gasteiger partial charge >= 0.3 is 0 Å². The molecule has 2 aromatic carbocycles. The highest BCUT2D eigenvalue weighted by Gasteiger charge is 2.10. The number of carbonyl (C=O) groups is 1. The zero-order valence-corrected chi connectivity index (χ0v) is 10.8. The summed E-state index contributed by atoms with van der Waals surface area (Å²) < 4.78 is 5.06. The SMILES string of the molecule is COc1cc(NC(=O)c2ccc(O)c(O)c2)ccc1N. The Hall–Kier alpha value is -2.89. The summed E-state index contributed by atoms with van der Waals surface area (Å²) in [5, 5.41) is 21.2. The fourth-order valence-corrected chi connectivity index (χ4v) is 1.66. The summed E-state index contributed by atoms with van der Waals surface area (Å²) in [6, 6.07) is 8.66. The number of benzene rings is 2. The van der Waals surface area contributed by atoms with E-state index in [9.17, 15) is 15.0 Å². The summed E-state index contributed by atoms with van der Waals surface area (Å²) in [6.45, 7) is 0. The number of rotatable bonds is 3. The minimum absolute atomic E-state index is 0.219. The molecule has 6 heteroatoms.